The van der Waals surface area contributed by atoms with Crippen molar-refractivity contribution in [3.8, 4) is 28.4 Å². The van der Waals surface area contributed by atoms with Crippen molar-refractivity contribution in [3.05, 3.63) is 40.4 Å². The predicted molar refractivity (Wildman–Crippen MR) is 80.0 cm³/mol. The molecular weight excluding hydrogens is 292 g/mol. The highest BCUT2D eigenvalue weighted by molar-refractivity contribution is 6.37. The first-order valence-corrected chi connectivity index (χ1v) is 6.68. The van der Waals surface area contributed by atoms with Gasteiger partial charge in [0, 0.05) is 27.3 Å². The normalized spacial score (nSPS) is 11.9. The summed E-state index contributed by atoms with van der Waals surface area (Å²) in [5, 5.41) is 0.505. The summed E-state index contributed by atoms with van der Waals surface area (Å²) in [6, 6.07) is 6.92. The molecule has 0 saturated heterocycles. The largest absolute Gasteiger partial charge is 0.493 e. The minimum absolute atomic E-state index is 0.0956. The fraction of sp³-hybridized carbons (Fsp3) is 0.188. The number of hydrogen-bond acceptors (Lipinski definition) is 4. The van der Waals surface area contributed by atoms with Crippen LogP contribution in [-0.4, -0.2) is 27.1 Å². The predicted octanol–water partition coefficient (Wildman–Crippen LogP) is 3.58. The summed E-state index contributed by atoms with van der Waals surface area (Å²) >= 11 is 6.28. The highest BCUT2D eigenvalue weighted by atomic mass is 35.5. The van der Waals surface area contributed by atoms with Gasteiger partial charge in [0.25, 0.3) is 0 Å². The number of hydrogen-bond donors (Lipinski definition) is 0. The number of ether oxygens (including phenoxy) is 3. The second-order valence-corrected chi connectivity index (χ2v) is 4.97. The first-order valence-electron chi connectivity index (χ1n) is 6.30. The van der Waals surface area contributed by atoms with Crippen LogP contribution < -0.4 is 14.2 Å². The molecule has 4 nitrogen and oxygen atoms in total. The molecule has 0 amide bonds. The van der Waals surface area contributed by atoms with Gasteiger partial charge in [-0.05, 0) is 12.1 Å². The molecule has 0 bridgehead atoms. The van der Waals surface area contributed by atoms with Crippen LogP contribution in [0.1, 0.15) is 15.9 Å². The molecule has 0 N–H and O–H groups in total. The maximum absolute atomic E-state index is 12.6. The minimum atomic E-state index is -0.0956. The van der Waals surface area contributed by atoms with Gasteiger partial charge in [-0.2, -0.15) is 0 Å². The van der Waals surface area contributed by atoms with Crippen LogP contribution in [0.2, 0.25) is 5.02 Å². The molecular formula is C16H13ClO4. The zero-order chi connectivity index (χ0) is 15.1. The van der Waals surface area contributed by atoms with Gasteiger partial charge in [-0.1, -0.05) is 23.7 Å². The number of carbonyl (C=O) groups excluding carboxylic acids is 1. The molecule has 0 radical (unpaired) electrons. The number of ketones is 1. The molecule has 0 spiro atoms. The average molecular weight is 305 g/mol. The van der Waals surface area contributed by atoms with Crippen molar-refractivity contribution >= 4 is 17.4 Å². The number of rotatable bonds is 3. The van der Waals surface area contributed by atoms with Gasteiger partial charge < -0.3 is 14.2 Å². The Morgan fingerprint density at radius 3 is 2.24 bits per heavy atom. The van der Waals surface area contributed by atoms with Crippen molar-refractivity contribution in [1.82, 2.24) is 0 Å². The quantitative estimate of drug-likeness (QED) is 0.742. The van der Waals surface area contributed by atoms with Gasteiger partial charge in [-0.25, -0.2) is 0 Å². The maximum atomic E-state index is 12.6. The molecule has 5 heteroatoms. The summed E-state index contributed by atoms with van der Waals surface area (Å²) in [5.41, 5.74) is 2.40. The monoisotopic (exact) mass is 304 g/mol. The molecule has 0 unspecified atom stereocenters. The molecule has 108 valence electrons. The topological polar surface area (TPSA) is 44.8 Å². The van der Waals surface area contributed by atoms with Gasteiger partial charge in [0.1, 0.15) is 0 Å². The molecule has 0 fully saturated rings. The second-order valence-electron chi connectivity index (χ2n) is 4.56. The third-order valence-electron chi connectivity index (χ3n) is 3.58. The minimum Gasteiger partial charge on any atom is -0.493 e. The Morgan fingerprint density at radius 2 is 1.62 bits per heavy atom. The Labute approximate surface area is 127 Å². The third-order valence-corrected chi connectivity index (χ3v) is 3.90. The molecule has 21 heavy (non-hydrogen) atoms. The molecule has 0 atom stereocenters. The Kier molecular flexibility index (Phi) is 3.26. The maximum Gasteiger partial charge on any atom is 0.203 e. The van der Waals surface area contributed by atoms with Gasteiger partial charge in [0.2, 0.25) is 5.75 Å². The Morgan fingerprint density at radius 1 is 0.905 bits per heavy atom. The lowest BCUT2D eigenvalue weighted by Crippen LogP contribution is -2.00. The molecule has 0 aliphatic heterocycles. The van der Waals surface area contributed by atoms with Gasteiger partial charge in [0.15, 0.2) is 17.3 Å². The standard InChI is InChI=1S/C16H13ClO4/c1-19-11-7-9-13(16(21-3)15(11)20-2)12-8(14(9)18)5-4-6-10(12)17/h4-7H,1-3H3. The van der Waals surface area contributed by atoms with E-state index in [-0.39, 0.29) is 5.78 Å². The van der Waals surface area contributed by atoms with E-state index in [0.29, 0.717) is 44.5 Å². The number of fused-ring (bicyclic) bond motifs is 3. The van der Waals surface area contributed by atoms with Gasteiger partial charge in [-0.3, -0.25) is 4.79 Å². The van der Waals surface area contributed by atoms with Gasteiger partial charge >= 0.3 is 0 Å². The van der Waals surface area contributed by atoms with Crippen LogP contribution in [0.5, 0.6) is 17.2 Å². The van der Waals surface area contributed by atoms with Gasteiger partial charge in [-0.15, -0.1) is 0 Å². The van der Waals surface area contributed by atoms with E-state index in [1.165, 1.54) is 21.3 Å². The highest BCUT2D eigenvalue weighted by Crippen LogP contribution is 2.52. The molecule has 3 rings (SSSR count). The van der Waals surface area contributed by atoms with E-state index in [0.717, 1.165) is 0 Å². The van der Waals surface area contributed by atoms with E-state index in [1.54, 1.807) is 24.3 Å². The number of carbonyl (C=O) groups is 1. The van der Waals surface area contributed by atoms with E-state index in [1.807, 2.05) is 0 Å². The third kappa shape index (κ3) is 1.79. The number of benzene rings is 2. The number of halogens is 1. The SMILES string of the molecule is COc1cc2c(c(OC)c1OC)-c1c(Cl)cccc1C2=O. The Balaban J connectivity index is 2.44. The van der Waals surface area contributed by atoms with E-state index < -0.39 is 0 Å². The van der Waals surface area contributed by atoms with Crippen molar-refractivity contribution in [3.63, 3.8) is 0 Å². The lowest BCUT2D eigenvalue weighted by molar-refractivity contribution is 0.104. The van der Waals surface area contributed by atoms with Crippen molar-refractivity contribution < 1.29 is 19.0 Å². The van der Waals surface area contributed by atoms with Crippen molar-refractivity contribution in [2.24, 2.45) is 0 Å². The summed E-state index contributed by atoms with van der Waals surface area (Å²) in [7, 11) is 4.57. The van der Waals surface area contributed by atoms with Crippen molar-refractivity contribution in [2.45, 2.75) is 0 Å². The van der Waals surface area contributed by atoms with Crippen LogP contribution in [0.3, 0.4) is 0 Å². The molecule has 2 aromatic carbocycles. The summed E-state index contributed by atoms with van der Waals surface area (Å²) in [4.78, 5) is 12.6. The molecule has 2 aromatic rings. The smallest absolute Gasteiger partial charge is 0.203 e. The molecule has 0 heterocycles. The van der Waals surface area contributed by atoms with Crippen LogP contribution in [0.15, 0.2) is 24.3 Å². The molecule has 0 aromatic heterocycles. The summed E-state index contributed by atoms with van der Waals surface area (Å²) in [5.74, 6) is 1.25. The second kappa shape index (κ2) is 4.97. The van der Waals surface area contributed by atoms with E-state index >= 15 is 0 Å². The highest BCUT2D eigenvalue weighted by Gasteiger charge is 2.34. The van der Waals surface area contributed by atoms with E-state index in [4.69, 9.17) is 25.8 Å². The van der Waals surface area contributed by atoms with Crippen molar-refractivity contribution in [1.29, 1.82) is 0 Å². The zero-order valence-corrected chi connectivity index (χ0v) is 12.6. The first kappa shape index (κ1) is 13.8. The lowest BCUT2D eigenvalue weighted by Gasteiger charge is -2.16. The summed E-state index contributed by atoms with van der Waals surface area (Å²) in [6.45, 7) is 0. The Hall–Kier alpha value is -2.20. The van der Waals surface area contributed by atoms with Crippen LogP contribution >= 0.6 is 11.6 Å². The Bertz CT molecular complexity index is 752. The summed E-state index contributed by atoms with van der Waals surface area (Å²) < 4.78 is 16.1. The molecule has 1 aliphatic rings. The number of methoxy groups -OCH3 is 3. The van der Waals surface area contributed by atoms with Crippen LogP contribution in [0, 0.1) is 0 Å². The lowest BCUT2D eigenvalue weighted by atomic mass is 10.0. The van der Waals surface area contributed by atoms with E-state index in [2.05, 4.69) is 0 Å². The fourth-order valence-corrected chi connectivity index (χ4v) is 2.97. The van der Waals surface area contributed by atoms with Crippen LogP contribution in [0.4, 0.5) is 0 Å². The van der Waals surface area contributed by atoms with Crippen LogP contribution in [0.25, 0.3) is 11.1 Å². The van der Waals surface area contributed by atoms with E-state index in [9.17, 15) is 4.79 Å². The zero-order valence-electron chi connectivity index (χ0n) is 11.8. The average Bonchev–Trinajstić information content (AvgIpc) is 2.79. The first-order chi connectivity index (χ1) is 10.1. The molecule has 1 aliphatic carbocycles. The fourth-order valence-electron chi connectivity index (χ4n) is 2.70. The van der Waals surface area contributed by atoms with Gasteiger partial charge in [0.05, 0.1) is 21.3 Å². The molecule has 0 saturated carbocycles. The summed E-state index contributed by atoms with van der Waals surface area (Å²) in [6.07, 6.45) is 0. The van der Waals surface area contributed by atoms with Crippen LogP contribution in [-0.2, 0) is 0 Å². The van der Waals surface area contributed by atoms with Crippen molar-refractivity contribution in [2.75, 3.05) is 21.3 Å².